The number of aryl methyl sites for hydroxylation is 1. The number of para-hydroxylation sites is 2. The normalized spacial score (nSPS) is 18.5. The molecule has 2 aliphatic rings. The topological polar surface area (TPSA) is 80.1 Å². The molecule has 0 fully saturated rings. The van der Waals surface area contributed by atoms with Crippen LogP contribution >= 0.6 is 0 Å². The van der Waals surface area contributed by atoms with E-state index in [4.69, 9.17) is 9.15 Å². The lowest BCUT2D eigenvalue weighted by Gasteiger charge is -2.41. The van der Waals surface area contributed by atoms with Gasteiger partial charge in [0.25, 0.3) is 5.91 Å². The Balaban J connectivity index is 1.72. The van der Waals surface area contributed by atoms with Gasteiger partial charge in [0, 0.05) is 24.9 Å². The Bertz CT molecular complexity index is 1060. The first kappa shape index (κ1) is 21.2. The van der Waals surface area contributed by atoms with Gasteiger partial charge in [-0.15, -0.1) is 0 Å². The molecule has 2 amide bonds. The molecule has 7 heteroatoms. The van der Waals surface area contributed by atoms with E-state index in [1.165, 1.54) is 0 Å². The van der Waals surface area contributed by atoms with Crippen LogP contribution in [0.3, 0.4) is 0 Å². The van der Waals surface area contributed by atoms with Crippen molar-refractivity contribution >= 4 is 29.2 Å². The van der Waals surface area contributed by atoms with Crippen molar-refractivity contribution in [2.75, 3.05) is 16.3 Å². The number of carbonyl (C=O) groups is 3. The summed E-state index contributed by atoms with van der Waals surface area (Å²) in [6.07, 6.45) is 1.43. The van der Waals surface area contributed by atoms with Crippen LogP contribution in [0.5, 0.6) is 0 Å². The number of hydrogen-bond donors (Lipinski definition) is 0. The van der Waals surface area contributed by atoms with Gasteiger partial charge in [-0.3, -0.25) is 19.4 Å². The van der Waals surface area contributed by atoms with E-state index >= 15 is 0 Å². The minimum Gasteiger partial charge on any atom is -0.455 e. The summed E-state index contributed by atoms with van der Waals surface area (Å²) >= 11 is 0. The van der Waals surface area contributed by atoms with Crippen LogP contribution in [0.1, 0.15) is 72.8 Å². The molecule has 1 aromatic heterocycles. The fourth-order valence-corrected chi connectivity index (χ4v) is 4.34. The van der Waals surface area contributed by atoms with Crippen LogP contribution in [0.15, 0.2) is 28.7 Å². The molecule has 1 unspecified atom stereocenters. The first-order valence-electron chi connectivity index (χ1n) is 10.7. The third-order valence-corrected chi connectivity index (χ3v) is 5.65. The predicted molar refractivity (Wildman–Crippen MR) is 117 cm³/mol. The average Bonchev–Trinajstić information content (AvgIpc) is 3.03. The Labute approximate surface area is 181 Å². The zero-order chi connectivity index (χ0) is 22.5. The van der Waals surface area contributed by atoms with Gasteiger partial charge in [0.2, 0.25) is 0 Å². The molecule has 1 aliphatic heterocycles. The first-order valence-corrected chi connectivity index (χ1v) is 10.7. The summed E-state index contributed by atoms with van der Waals surface area (Å²) in [5.41, 5.74) is 1.75. The number of Topliss-reactive ketones (excluding diaryl/α,β-unsaturated/α-hetero) is 1. The van der Waals surface area contributed by atoms with Crippen molar-refractivity contribution in [2.24, 2.45) is 0 Å². The van der Waals surface area contributed by atoms with Crippen LogP contribution in [-0.4, -0.2) is 36.0 Å². The molecule has 31 heavy (non-hydrogen) atoms. The Morgan fingerprint density at radius 1 is 1.13 bits per heavy atom. The van der Waals surface area contributed by atoms with E-state index in [-0.39, 0.29) is 30.0 Å². The monoisotopic (exact) mass is 424 g/mol. The van der Waals surface area contributed by atoms with Gasteiger partial charge in [0.15, 0.2) is 11.5 Å². The number of amides is 2. The standard InChI is InChI=1S/C24H28N2O5/c1-14-13-25(23(29)31-24(3,4)5)16-9-6-7-10-17(16)26(14)22(28)21-15(2)20-18(27)11-8-12-19(20)30-21/h6-7,9-10,14H,8,11-13H2,1-5H3. The molecule has 2 aromatic rings. The number of fused-ring (bicyclic) bond motifs is 2. The van der Waals surface area contributed by atoms with Crippen molar-refractivity contribution in [1.29, 1.82) is 0 Å². The van der Waals surface area contributed by atoms with Gasteiger partial charge in [-0.05, 0) is 53.2 Å². The maximum atomic E-state index is 13.6. The molecular weight excluding hydrogens is 396 g/mol. The quantitative estimate of drug-likeness (QED) is 0.651. The molecule has 0 radical (unpaired) electrons. The molecule has 0 saturated heterocycles. The van der Waals surface area contributed by atoms with E-state index in [1.54, 1.807) is 22.8 Å². The number of anilines is 2. The third-order valence-electron chi connectivity index (χ3n) is 5.65. The average molecular weight is 424 g/mol. The lowest BCUT2D eigenvalue weighted by atomic mass is 9.94. The SMILES string of the molecule is Cc1c(C(=O)N2c3ccccc3N(C(=O)OC(C)(C)C)CC2C)oc2c1C(=O)CCC2. The molecule has 7 nitrogen and oxygen atoms in total. The summed E-state index contributed by atoms with van der Waals surface area (Å²) in [4.78, 5) is 42.0. The first-order chi connectivity index (χ1) is 14.6. The van der Waals surface area contributed by atoms with Gasteiger partial charge in [0.1, 0.15) is 11.4 Å². The van der Waals surface area contributed by atoms with E-state index in [1.807, 2.05) is 45.9 Å². The van der Waals surface area contributed by atoms with Crippen LogP contribution < -0.4 is 9.80 Å². The number of benzene rings is 1. The van der Waals surface area contributed by atoms with E-state index in [0.29, 0.717) is 41.1 Å². The van der Waals surface area contributed by atoms with Crippen LogP contribution in [0.25, 0.3) is 0 Å². The molecule has 0 N–H and O–H groups in total. The summed E-state index contributed by atoms with van der Waals surface area (Å²) in [6.45, 7) is 9.41. The predicted octanol–water partition coefficient (Wildman–Crippen LogP) is 4.90. The minimum atomic E-state index is -0.626. The van der Waals surface area contributed by atoms with E-state index in [2.05, 4.69) is 0 Å². The van der Waals surface area contributed by atoms with E-state index < -0.39 is 11.7 Å². The molecule has 0 bridgehead atoms. The van der Waals surface area contributed by atoms with Crippen molar-refractivity contribution < 1.29 is 23.5 Å². The summed E-state index contributed by atoms with van der Waals surface area (Å²) in [5, 5.41) is 0. The fourth-order valence-electron chi connectivity index (χ4n) is 4.34. The molecule has 164 valence electrons. The highest BCUT2D eigenvalue weighted by Crippen LogP contribution is 2.38. The van der Waals surface area contributed by atoms with Gasteiger partial charge in [-0.2, -0.15) is 0 Å². The highest BCUT2D eigenvalue weighted by Gasteiger charge is 2.39. The van der Waals surface area contributed by atoms with Crippen molar-refractivity contribution in [3.8, 4) is 0 Å². The number of nitrogens with zero attached hydrogens (tertiary/aromatic N) is 2. The molecule has 0 saturated carbocycles. The third kappa shape index (κ3) is 3.73. The summed E-state index contributed by atoms with van der Waals surface area (Å²) in [7, 11) is 0. The Morgan fingerprint density at radius 3 is 2.45 bits per heavy atom. The maximum absolute atomic E-state index is 13.6. The van der Waals surface area contributed by atoms with Gasteiger partial charge >= 0.3 is 6.09 Å². The highest BCUT2D eigenvalue weighted by molar-refractivity contribution is 6.11. The zero-order valence-corrected chi connectivity index (χ0v) is 18.7. The molecule has 0 spiro atoms. The number of rotatable bonds is 1. The number of carbonyl (C=O) groups excluding carboxylic acids is 3. The zero-order valence-electron chi connectivity index (χ0n) is 18.7. The molecule has 2 heterocycles. The Morgan fingerprint density at radius 2 is 1.81 bits per heavy atom. The number of furan rings is 1. The largest absolute Gasteiger partial charge is 0.455 e. The fraction of sp³-hybridized carbons (Fsp3) is 0.458. The molecule has 1 aromatic carbocycles. The van der Waals surface area contributed by atoms with Crippen LogP contribution in [0.2, 0.25) is 0 Å². The number of ketones is 1. The van der Waals surface area contributed by atoms with Crippen LogP contribution in [-0.2, 0) is 11.2 Å². The summed E-state index contributed by atoms with van der Waals surface area (Å²) in [6, 6.07) is 6.95. The van der Waals surface area contributed by atoms with Gasteiger partial charge in [-0.1, -0.05) is 12.1 Å². The summed E-state index contributed by atoms with van der Waals surface area (Å²) in [5.74, 6) is 0.534. The van der Waals surface area contributed by atoms with Crippen molar-refractivity contribution in [2.45, 2.75) is 65.5 Å². The van der Waals surface area contributed by atoms with Gasteiger partial charge in [0.05, 0.1) is 23.0 Å². The molecular formula is C24H28N2O5. The smallest absolute Gasteiger partial charge is 0.414 e. The van der Waals surface area contributed by atoms with Gasteiger partial charge in [-0.25, -0.2) is 4.79 Å². The lowest BCUT2D eigenvalue weighted by Crippen LogP contribution is -2.52. The second-order valence-corrected chi connectivity index (χ2v) is 9.23. The van der Waals surface area contributed by atoms with Crippen molar-refractivity contribution in [3.63, 3.8) is 0 Å². The number of hydrogen-bond acceptors (Lipinski definition) is 5. The number of ether oxygens (including phenoxy) is 1. The second kappa shape index (κ2) is 7.55. The van der Waals surface area contributed by atoms with Crippen LogP contribution in [0, 0.1) is 6.92 Å². The lowest BCUT2D eigenvalue weighted by molar-refractivity contribution is 0.0574. The van der Waals surface area contributed by atoms with E-state index in [9.17, 15) is 14.4 Å². The maximum Gasteiger partial charge on any atom is 0.414 e. The molecule has 1 atom stereocenters. The van der Waals surface area contributed by atoms with Crippen LogP contribution in [0.4, 0.5) is 16.2 Å². The second-order valence-electron chi connectivity index (χ2n) is 9.23. The Kier molecular flexibility index (Phi) is 5.15. The minimum absolute atomic E-state index is 0.0322. The highest BCUT2D eigenvalue weighted by atomic mass is 16.6. The molecule has 4 rings (SSSR count). The summed E-state index contributed by atoms with van der Waals surface area (Å²) < 4.78 is 11.5. The van der Waals surface area contributed by atoms with E-state index in [0.717, 1.165) is 6.42 Å². The van der Waals surface area contributed by atoms with Crippen molar-refractivity contribution in [1.82, 2.24) is 0 Å². The van der Waals surface area contributed by atoms with Gasteiger partial charge < -0.3 is 9.15 Å². The Hall–Kier alpha value is -3.09. The van der Waals surface area contributed by atoms with Crippen molar-refractivity contribution in [3.05, 3.63) is 46.9 Å². The molecule has 1 aliphatic carbocycles.